The van der Waals surface area contributed by atoms with E-state index in [9.17, 15) is 0 Å². The van der Waals surface area contributed by atoms with Crippen LogP contribution in [0.25, 0.3) is 0 Å². The van der Waals surface area contributed by atoms with Gasteiger partial charge in [0.25, 0.3) is 0 Å². The molecule has 41 valence electrons. The quantitative estimate of drug-likeness (QED) is 0.509. The van der Waals surface area contributed by atoms with Crippen molar-refractivity contribution in [1.82, 2.24) is 0 Å². The Balaban J connectivity index is 2.82. The molecule has 0 aliphatic rings. The molecule has 0 amide bonds. The summed E-state index contributed by atoms with van der Waals surface area (Å²) in [6.45, 7) is 5.76. The van der Waals surface area contributed by atoms with E-state index in [1.807, 2.05) is 0 Å². The van der Waals surface area contributed by atoms with Crippen LogP contribution < -0.4 is 0 Å². The highest BCUT2D eigenvalue weighted by molar-refractivity contribution is 7.80. The maximum absolute atomic E-state index is 4.75. The monoisotopic (exact) mass is 115 g/mol. The topological polar surface area (TPSA) is 0 Å². The van der Waals surface area contributed by atoms with Crippen LogP contribution in [0.3, 0.4) is 0 Å². The molecule has 0 saturated heterocycles. The maximum atomic E-state index is 4.75. The lowest BCUT2D eigenvalue weighted by atomic mass is 10.2. The Hall–Kier alpha value is 0.0900. The lowest BCUT2D eigenvalue weighted by Crippen LogP contribution is -1.83. The number of unbranched alkanes of at least 4 members (excludes halogenated alkanes) is 1. The van der Waals surface area contributed by atoms with Crippen molar-refractivity contribution in [1.29, 1.82) is 0 Å². The SMILES string of the molecule is [CH2]C(=S)CCCC. The van der Waals surface area contributed by atoms with Crippen LogP contribution in [-0.4, -0.2) is 4.86 Å². The number of thiocarbonyl (C=S) groups is 1. The van der Waals surface area contributed by atoms with Gasteiger partial charge in [-0.3, -0.25) is 0 Å². The average molecular weight is 115 g/mol. The highest BCUT2D eigenvalue weighted by Crippen LogP contribution is 1.94. The Labute approximate surface area is 50.9 Å². The van der Waals surface area contributed by atoms with Gasteiger partial charge >= 0.3 is 0 Å². The zero-order valence-corrected chi connectivity index (χ0v) is 5.55. The summed E-state index contributed by atoms with van der Waals surface area (Å²) in [6.07, 6.45) is 3.43. The fourth-order valence-corrected chi connectivity index (χ4v) is 0.518. The van der Waals surface area contributed by atoms with Crippen LogP contribution in [0.5, 0.6) is 0 Å². The summed E-state index contributed by atoms with van der Waals surface area (Å²) in [4.78, 5) is 0.891. The number of hydrogen-bond acceptors (Lipinski definition) is 1. The fourth-order valence-electron chi connectivity index (χ4n) is 0.374. The summed E-state index contributed by atoms with van der Waals surface area (Å²) in [6, 6.07) is 0. The first-order valence-corrected chi connectivity index (χ1v) is 3.03. The number of hydrogen-bond donors (Lipinski definition) is 0. The summed E-state index contributed by atoms with van der Waals surface area (Å²) in [5.41, 5.74) is 0. The Morgan fingerprint density at radius 1 is 1.71 bits per heavy atom. The van der Waals surface area contributed by atoms with E-state index in [1.54, 1.807) is 0 Å². The standard InChI is InChI=1S/C6H11S/c1-3-4-5-6(2)7/h2-5H2,1H3. The molecule has 0 aliphatic carbocycles. The molecule has 1 radical (unpaired) electrons. The molecular weight excluding hydrogens is 104 g/mol. The number of rotatable bonds is 3. The van der Waals surface area contributed by atoms with Gasteiger partial charge in [-0.15, -0.1) is 0 Å². The Morgan fingerprint density at radius 3 is 2.43 bits per heavy atom. The first-order chi connectivity index (χ1) is 3.27. The van der Waals surface area contributed by atoms with Crippen molar-refractivity contribution < 1.29 is 0 Å². The van der Waals surface area contributed by atoms with Crippen LogP contribution >= 0.6 is 12.2 Å². The zero-order valence-electron chi connectivity index (χ0n) is 4.74. The molecule has 0 aromatic heterocycles. The van der Waals surface area contributed by atoms with Gasteiger partial charge in [-0.25, -0.2) is 0 Å². The van der Waals surface area contributed by atoms with Gasteiger partial charge in [-0.2, -0.15) is 0 Å². The van der Waals surface area contributed by atoms with Crippen molar-refractivity contribution in [3.8, 4) is 0 Å². The molecule has 0 unspecified atom stereocenters. The van der Waals surface area contributed by atoms with E-state index >= 15 is 0 Å². The summed E-state index contributed by atoms with van der Waals surface area (Å²) >= 11 is 4.75. The first kappa shape index (κ1) is 7.09. The van der Waals surface area contributed by atoms with Gasteiger partial charge in [0.2, 0.25) is 0 Å². The van der Waals surface area contributed by atoms with Crippen molar-refractivity contribution in [2.24, 2.45) is 0 Å². The lowest BCUT2D eigenvalue weighted by molar-refractivity contribution is 0.841. The van der Waals surface area contributed by atoms with Crippen molar-refractivity contribution in [2.75, 3.05) is 0 Å². The van der Waals surface area contributed by atoms with Crippen molar-refractivity contribution in [3.63, 3.8) is 0 Å². The average Bonchev–Trinajstić information content (AvgIpc) is 1.61. The molecule has 0 bridgehead atoms. The van der Waals surface area contributed by atoms with Crippen LogP contribution in [0.2, 0.25) is 0 Å². The van der Waals surface area contributed by atoms with Gasteiger partial charge in [-0.05, 0) is 24.6 Å². The maximum Gasteiger partial charge on any atom is -0.00680 e. The normalized spacial score (nSPS) is 8.86. The van der Waals surface area contributed by atoms with Crippen LogP contribution in [0.1, 0.15) is 26.2 Å². The van der Waals surface area contributed by atoms with E-state index in [0.717, 1.165) is 11.3 Å². The van der Waals surface area contributed by atoms with E-state index < -0.39 is 0 Å². The predicted octanol–water partition coefficient (Wildman–Crippen LogP) is 2.38. The van der Waals surface area contributed by atoms with Crippen molar-refractivity contribution >= 4 is 17.1 Å². The Morgan fingerprint density at radius 2 is 2.29 bits per heavy atom. The molecule has 7 heavy (non-hydrogen) atoms. The molecule has 0 aliphatic heterocycles. The van der Waals surface area contributed by atoms with Gasteiger partial charge < -0.3 is 0 Å². The third kappa shape index (κ3) is 6.09. The lowest BCUT2D eigenvalue weighted by Gasteiger charge is -1.89. The minimum atomic E-state index is 0.891. The predicted molar refractivity (Wildman–Crippen MR) is 37.5 cm³/mol. The largest absolute Gasteiger partial charge is 0.0897 e. The third-order valence-electron chi connectivity index (χ3n) is 0.809. The van der Waals surface area contributed by atoms with Crippen LogP contribution in [-0.2, 0) is 0 Å². The van der Waals surface area contributed by atoms with Gasteiger partial charge in [-0.1, -0.05) is 25.6 Å². The molecule has 0 heterocycles. The molecule has 0 atom stereocenters. The van der Waals surface area contributed by atoms with E-state index in [2.05, 4.69) is 13.8 Å². The van der Waals surface area contributed by atoms with Gasteiger partial charge in [0.15, 0.2) is 0 Å². The smallest absolute Gasteiger partial charge is 0.00680 e. The van der Waals surface area contributed by atoms with Crippen LogP contribution in [0, 0.1) is 6.92 Å². The Bertz CT molecular complexity index is 57.2. The molecule has 0 rings (SSSR count). The van der Waals surface area contributed by atoms with E-state index in [4.69, 9.17) is 12.2 Å². The Kier molecular flexibility index (Phi) is 4.31. The minimum absolute atomic E-state index is 0.891. The molecule has 0 spiro atoms. The van der Waals surface area contributed by atoms with Crippen molar-refractivity contribution in [2.45, 2.75) is 26.2 Å². The third-order valence-corrected chi connectivity index (χ3v) is 1.01. The van der Waals surface area contributed by atoms with Crippen molar-refractivity contribution in [3.05, 3.63) is 6.92 Å². The molecule has 0 nitrogen and oxygen atoms in total. The minimum Gasteiger partial charge on any atom is -0.0897 e. The van der Waals surface area contributed by atoms with Crippen LogP contribution in [0.15, 0.2) is 0 Å². The summed E-state index contributed by atoms with van der Waals surface area (Å²) in [7, 11) is 0. The summed E-state index contributed by atoms with van der Waals surface area (Å²) in [5, 5.41) is 0. The van der Waals surface area contributed by atoms with Gasteiger partial charge in [0.05, 0.1) is 0 Å². The summed E-state index contributed by atoms with van der Waals surface area (Å²) in [5.74, 6) is 0. The van der Waals surface area contributed by atoms with E-state index in [-0.39, 0.29) is 0 Å². The van der Waals surface area contributed by atoms with Gasteiger partial charge in [0, 0.05) is 0 Å². The highest BCUT2D eigenvalue weighted by atomic mass is 32.1. The molecule has 1 heteroatoms. The second kappa shape index (κ2) is 4.25. The molecular formula is C6H11S. The van der Waals surface area contributed by atoms with Gasteiger partial charge in [0.1, 0.15) is 0 Å². The van der Waals surface area contributed by atoms with E-state index in [1.165, 1.54) is 12.8 Å². The molecule has 0 fully saturated rings. The fraction of sp³-hybridized carbons (Fsp3) is 0.667. The molecule has 0 saturated carbocycles. The molecule has 0 aromatic carbocycles. The molecule has 0 aromatic rings. The van der Waals surface area contributed by atoms with Crippen LogP contribution in [0.4, 0.5) is 0 Å². The second-order valence-corrected chi connectivity index (χ2v) is 2.22. The summed E-state index contributed by atoms with van der Waals surface area (Å²) < 4.78 is 0. The second-order valence-electron chi connectivity index (χ2n) is 1.64. The first-order valence-electron chi connectivity index (χ1n) is 2.62. The van der Waals surface area contributed by atoms with E-state index in [0.29, 0.717) is 0 Å². The molecule has 0 N–H and O–H groups in total. The zero-order chi connectivity index (χ0) is 5.70. The highest BCUT2D eigenvalue weighted by Gasteiger charge is 1.83.